The fourth-order valence-electron chi connectivity index (χ4n) is 2.73. The van der Waals surface area contributed by atoms with Gasteiger partial charge in [-0.05, 0) is 20.3 Å². The lowest BCUT2D eigenvalue weighted by atomic mass is 10.1. The Labute approximate surface area is 206 Å². The molecule has 0 fully saturated rings. The van der Waals surface area contributed by atoms with Gasteiger partial charge in [-0.25, -0.2) is 0 Å². The van der Waals surface area contributed by atoms with E-state index in [9.17, 15) is 44.1 Å². The minimum Gasteiger partial charge on any atom is -0.481 e. The number of hydrogen-bond acceptors (Lipinski definition) is 10. The lowest BCUT2D eigenvalue weighted by Crippen LogP contribution is -2.61. The quantitative estimate of drug-likeness (QED) is 0.0915. The number of nitrogens with one attached hydrogen (secondary N) is 4. The molecule has 0 aliphatic rings. The Balaban J connectivity index is 5.62. The second-order valence-corrected chi connectivity index (χ2v) is 8.18. The highest BCUT2D eigenvalue weighted by molar-refractivity contribution is 5.96. The number of nitrogens with two attached hydrogens (primary N) is 1. The number of primary amides is 1. The van der Waals surface area contributed by atoms with Crippen molar-refractivity contribution in [3.05, 3.63) is 0 Å². The van der Waals surface area contributed by atoms with E-state index in [4.69, 9.17) is 15.9 Å². The molecule has 0 bridgehead atoms. The van der Waals surface area contributed by atoms with Crippen molar-refractivity contribution >= 4 is 35.5 Å². The number of aliphatic hydroxyl groups excluding tert-OH is 4. The molecule has 0 aliphatic carbocycles. The van der Waals surface area contributed by atoms with Crippen LogP contribution in [0.3, 0.4) is 0 Å². The summed E-state index contributed by atoms with van der Waals surface area (Å²) in [5.74, 6) is -7.36. The summed E-state index contributed by atoms with van der Waals surface area (Å²) < 4.78 is 0. The molecule has 0 heterocycles. The molecule has 0 aliphatic heterocycles. The Morgan fingerprint density at radius 2 is 1.17 bits per heavy atom. The summed E-state index contributed by atoms with van der Waals surface area (Å²) >= 11 is 0. The molecule has 11 N–H and O–H groups in total. The normalized spacial score (nSPS) is 16.8. The van der Waals surface area contributed by atoms with Crippen molar-refractivity contribution in [1.29, 1.82) is 0 Å². The van der Waals surface area contributed by atoms with Crippen molar-refractivity contribution in [3.8, 4) is 0 Å². The number of carbonyl (C=O) groups excluding carboxylic acids is 5. The maximum Gasteiger partial charge on any atom is 0.303 e. The zero-order valence-corrected chi connectivity index (χ0v) is 20.1. The van der Waals surface area contributed by atoms with Crippen molar-refractivity contribution in [2.45, 2.75) is 70.0 Å². The van der Waals surface area contributed by atoms with Gasteiger partial charge in [0.1, 0.15) is 24.2 Å². The van der Waals surface area contributed by atoms with Crippen LogP contribution in [0.15, 0.2) is 0 Å². The van der Waals surface area contributed by atoms with Gasteiger partial charge in [-0.3, -0.25) is 28.8 Å². The molecule has 0 radical (unpaired) electrons. The van der Waals surface area contributed by atoms with Gasteiger partial charge in [-0.15, -0.1) is 0 Å². The van der Waals surface area contributed by atoms with Gasteiger partial charge in [-0.1, -0.05) is 6.92 Å². The molecule has 16 nitrogen and oxygen atoms in total. The van der Waals surface area contributed by atoms with E-state index in [1.807, 2.05) is 0 Å². The first kappa shape index (κ1) is 32.7. The van der Waals surface area contributed by atoms with E-state index in [2.05, 4.69) is 21.3 Å². The molecule has 16 heteroatoms. The van der Waals surface area contributed by atoms with Crippen molar-refractivity contribution in [2.75, 3.05) is 13.2 Å². The third-order valence-electron chi connectivity index (χ3n) is 4.97. The monoisotopic (exact) mass is 521 g/mol. The Kier molecular flexibility index (Phi) is 14.2. The summed E-state index contributed by atoms with van der Waals surface area (Å²) in [5, 5.41) is 55.6. The fourth-order valence-corrected chi connectivity index (χ4v) is 2.73. The molecule has 0 aromatic carbocycles. The predicted molar refractivity (Wildman–Crippen MR) is 120 cm³/mol. The topological polar surface area (TPSA) is 278 Å². The Morgan fingerprint density at radius 1 is 0.694 bits per heavy atom. The van der Waals surface area contributed by atoms with Crippen LogP contribution in [0.25, 0.3) is 0 Å². The van der Waals surface area contributed by atoms with Crippen molar-refractivity contribution < 1.29 is 54.3 Å². The van der Waals surface area contributed by atoms with E-state index >= 15 is 0 Å². The Bertz CT molecular complexity index is 805. The third-order valence-corrected chi connectivity index (χ3v) is 4.97. The average Bonchev–Trinajstić information content (AvgIpc) is 2.79. The first-order valence-electron chi connectivity index (χ1n) is 11.0. The first-order valence-corrected chi connectivity index (χ1v) is 11.0. The number of rotatable bonds is 16. The number of carboxylic acid groups (broad SMARTS) is 1. The van der Waals surface area contributed by atoms with Crippen LogP contribution >= 0.6 is 0 Å². The lowest BCUT2D eigenvalue weighted by Gasteiger charge is -2.27. The fraction of sp³-hybridized carbons (Fsp3) is 0.700. The summed E-state index contributed by atoms with van der Waals surface area (Å²) in [6.45, 7) is 2.22. The molecule has 0 unspecified atom stereocenters. The number of carboxylic acids is 1. The zero-order chi connectivity index (χ0) is 28.2. The minimum atomic E-state index is -1.72. The second kappa shape index (κ2) is 15.6. The maximum absolute atomic E-state index is 12.8. The summed E-state index contributed by atoms with van der Waals surface area (Å²) in [7, 11) is 0. The molecule has 0 saturated heterocycles. The lowest BCUT2D eigenvalue weighted by molar-refractivity contribution is -0.139. The molecule has 36 heavy (non-hydrogen) atoms. The number of hydrogen-bond donors (Lipinski definition) is 10. The van der Waals surface area contributed by atoms with E-state index in [1.165, 1.54) is 6.92 Å². The molecule has 0 spiro atoms. The van der Waals surface area contributed by atoms with Crippen LogP contribution in [0.4, 0.5) is 0 Å². The largest absolute Gasteiger partial charge is 0.481 e. The Hall–Kier alpha value is -3.34. The van der Waals surface area contributed by atoms with E-state index in [0.29, 0.717) is 0 Å². The van der Waals surface area contributed by atoms with Crippen LogP contribution in [0.1, 0.15) is 33.6 Å². The van der Waals surface area contributed by atoms with Gasteiger partial charge in [0.25, 0.3) is 0 Å². The van der Waals surface area contributed by atoms with Gasteiger partial charge in [0, 0.05) is 6.42 Å². The summed E-state index contributed by atoms with van der Waals surface area (Å²) in [5.41, 5.74) is 5.12. The number of carbonyl (C=O) groups is 6. The van der Waals surface area contributed by atoms with Gasteiger partial charge in [0.2, 0.25) is 29.5 Å². The van der Waals surface area contributed by atoms with Crippen molar-refractivity contribution in [1.82, 2.24) is 21.3 Å². The molecule has 5 amide bonds. The van der Waals surface area contributed by atoms with Crippen LogP contribution in [0.2, 0.25) is 0 Å². The van der Waals surface area contributed by atoms with Crippen LogP contribution in [-0.2, 0) is 28.8 Å². The number of aliphatic hydroxyl groups is 4. The van der Waals surface area contributed by atoms with E-state index in [1.54, 1.807) is 0 Å². The van der Waals surface area contributed by atoms with Crippen LogP contribution in [-0.4, -0.2) is 111 Å². The molecular formula is C20H35N5O11. The molecule has 206 valence electrons. The van der Waals surface area contributed by atoms with Crippen LogP contribution in [0, 0.1) is 5.92 Å². The highest BCUT2D eigenvalue weighted by Gasteiger charge is 2.34. The van der Waals surface area contributed by atoms with Gasteiger partial charge < -0.3 is 52.5 Å². The highest BCUT2D eigenvalue weighted by atomic mass is 16.4. The van der Waals surface area contributed by atoms with E-state index < -0.39 is 104 Å². The molecule has 0 aromatic rings. The SMILES string of the molecule is C[C@@H](CO)C(=O)N[C@@H](CO)C(=O)N[C@H](C(=O)N[C@@H](CCC(=O)O)C(=O)N[C@H](C(N)=O)[C@@H](C)O)[C@@H](C)O. The van der Waals surface area contributed by atoms with Gasteiger partial charge in [0.15, 0.2) is 0 Å². The van der Waals surface area contributed by atoms with Crippen molar-refractivity contribution in [2.24, 2.45) is 11.7 Å². The number of aliphatic carboxylic acids is 1. The highest BCUT2D eigenvalue weighted by Crippen LogP contribution is 2.04. The zero-order valence-electron chi connectivity index (χ0n) is 20.1. The first-order chi connectivity index (χ1) is 16.7. The summed E-state index contributed by atoms with van der Waals surface area (Å²) in [6.07, 6.45) is -4.03. The smallest absolute Gasteiger partial charge is 0.303 e. The van der Waals surface area contributed by atoms with Crippen molar-refractivity contribution in [3.63, 3.8) is 0 Å². The predicted octanol–water partition coefficient (Wildman–Crippen LogP) is -5.34. The second-order valence-electron chi connectivity index (χ2n) is 8.18. The minimum absolute atomic E-state index is 0.465. The third kappa shape index (κ3) is 10.9. The molecule has 7 atom stereocenters. The molecule has 0 saturated carbocycles. The van der Waals surface area contributed by atoms with Gasteiger partial charge in [0.05, 0.1) is 31.3 Å². The van der Waals surface area contributed by atoms with E-state index in [-0.39, 0.29) is 0 Å². The molecule has 0 rings (SSSR count). The molecule has 0 aromatic heterocycles. The van der Waals surface area contributed by atoms with Crippen LogP contribution < -0.4 is 27.0 Å². The summed E-state index contributed by atoms with van der Waals surface area (Å²) in [6, 6.07) is -6.40. The average molecular weight is 522 g/mol. The maximum atomic E-state index is 12.8. The van der Waals surface area contributed by atoms with Gasteiger partial charge >= 0.3 is 5.97 Å². The molecular weight excluding hydrogens is 486 g/mol. The Morgan fingerprint density at radius 3 is 1.58 bits per heavy atom. The number of amides is 5. The van der Waals surface area contributed by atoms with Crippen LogP contribution in [0.5, 0.6) is 0 Å². The van der Waals surface area contributed by atoms with E-state index in [0.717, 1.165) is 13.8 Å². The standard InChI is InChI=1S/C20H35N5O11/c1-8(6-26)17(33)23-12(7-27)19(35)25-15(10(3)29)20(36)22-11(4-5-13(30)31)18(34)24-14(9(2)28)16(21)32/h8-12,14-15,26-29H,4-7H2,1-3H3,(H2,21,32)(H,22,36)(H,23,33)(H,24,34)(H,25,35)(H,30,31)/t8-,9+,10+,11-,12-,14-,15-/m0/s1. The van der Waals surface area contributed by atoms with Gasteiger partial charge in [-0.2, -0.15) is 0 Å². The summed E-state index contributed by atoms with van der Waals surface area (Å²) in [4.78, 5) is 72.2.